The standard InChI is InChI=1S/C25H27N9O8S2.C3H6O.Na.H2O/c1-3-32-8-9-33(21(39)20(32)38)24(42)27-15(12-4-6-14(35)7-5-12)18(36)26-16-19(37)34-17(23(40)41)13(10-43-22(16)34)11-44-25-28-29-30-31(25)2;1-3(2)4;;/h4-7,15-16,22,35H,3,8-11H2,1-2H3,(H,26,36)(H,27,42)(H,40,41);1-2H3;;1H2/q;;+1;/p-1/t15-,16-,22-;;;/m1.../s1. The first kappa shape index (κ1) is 42.1. The Hall–Kier alpha value is -4.02. The molecule has 5 rings (SSSR count). The van der Waals surface area contributed by atoms with E-state index in [1.807, 2.05) is 0 Å². The number of phenols is 1. The number of aromatic nitrogens is 4. The summed E-state index contributed by atoms with van der Waals surface area (Å²) in [5, 5.41) is 37.7. The van der Waals surface area contributed by atoms with Crippen LogP contribution >= 0.6 is 23.5 Å². The minimum atomic E-state index is -1.54. The van der Waals surface area contributed by atoms with Gasteiger partial charge in [0.05, 0.1) is 11.7 Å². The Balaban J connectivity index is 0.00000137. The number of benzene rings is 1. The van der Waals surface area contributed by atoms with Crippen molar-refractivity contribution in [3.63, 3.8) is 0 Å². The van der Waals surface area contributed by atoms with Crippen LogP contribution in [0.1, 0.15) is 32.4 Å². The fourth-order valence-electron chi connectivity index (χ4n) is 4.85. The van der Waals surface area contributed by atoms with Gasteiger partial charge in [-0.15, -0.1) is 16.9 Å². The quantitative estimate of drug-likeness (QED) is 0.0935. The fourth-order valence-corrected chi connectivity index (χ4v) is 7.19. The van der Waals surface area contributed by atoms with E-state index >= 15 is 0 Å². The molecule has 22 heteroatoms. The maximum atomic E-state index is 13.5. The van der Waals surface area contributed by atoms with Crippen LogP contribution in [0.15, 0.2) is 40.7 Å². The third-order valence-corrected chi connectivity index (χ3v) is 9.62. The Morgan fingerprint density at radius 3 is 2.30 bits per heavy atom. The summed E-state index contributed by atoms with van der Waals surface area (Å²) in [5.41, 5.74) is 0.353. The Morgan fingerprint density at radius 1 is 1.10 bits per heavy atom. The third-order valence-electron chi connectivity index (χ3n) is 7.19. The molecule has 0 saturated carbocycles. The van der Waals surface area contributed by atoms with Crippen molar-refractivity contribution in [3.05, 3.63) is 41.1 Å². The summed E-state index contributed by atoms with van der Waals surface area (Å²) in [6, 6.07) is 1.76. The summed E-state index contributed by atoms with van der Waals surface area (Å²) in [4.78, 5) is 89.3. The molecule has 0 spiro atoms. The van der Waals surface area contributed by atoms with Crippen LogP contribution in [0, 0.1) is 0 Å². The smallest absolute Gasteiger partial charge is 0.543 e. The second kappa shape index (κ2) is 18.3. The van der Waals surface area contributed by atoms with Crippen molar-refractivity contribution >= 4 is 64.9 Å². The average molecular weight is 744 g/mol. The van der Waals surface area contributed by atoms with E-state index in [1.54, 1.807) is 14.0 Å². The summed E-state index contributed by atoms with van der Waals surface area (Å²) in [6.45, 7) is 5.08. The number of imide groups is 1. The SMILES string of the molecule is CC(C)=O.CCN1CCN(C(=O)N[C@@H](C(=O)N[C@@H]2C(=O)N3C(C(=O)[O-])=C(CSc4nnnn4C)CS[C@H]23)c2ccc(O)cc2)C(=O)C1=O.O.[Na+]. The fraction of sp³-hybridized carbons (Fsp3) is 0.429. The first-order chi connectivity index (χ1) is 22.7. The maximum absolute atomic E-state index is 13.5. The second-order valence-electron chi connectivity index (χ2n) is 10.7. The van der Waals surface area contributed by atoms with Crippen LogP contribution in [0.3, 0.4) is 0 Å². The first-order valence-corrected chi connectivity index (χ1v) is 16.5. The number of amides is 6. The van der Waals surface area contributed by atoms with Crippen LogP contribution in [0.2, 0.25) is 0 Å². The van der Waals surface area contributed by atoms with Gasteiger partial charge in [0.25, 0.3) is 5.91 Å². The Morgan fingerprint density at radius 2 is 1.74 bits per heavy atom. The van der Waals surface area contributed by atoms with E-state index in [9.17, 15) is 43.8 Å². The molecular formula is C28H34N9NaO10S2. The van der Waals surface area contributed by atoms with Gasteiger partial charge in [-0.25, -0.2) is 9.48 Å². The molecule has 264 valence electrons. The van der Waals surface area contributed by atoms with E-state index in [0.29, 0.717) is 22.2 Å². The van der Waals surface area contributed by atoms with Crippen LogP contribution in [0.5, 0.6) is 5.75 Å². The molecule has 0 aliphatic carbocycles. The average Bonchev–Trinajstić information content (AvgIpc) is 3.46. The monoisotopic (exact) mass is 743 g/mol. The second-order valence-corrected chi connectivity index (χ2v) is 12.8. The number of thioether (sulfide) groups is 2. The Labute approximate surface area is 316 Å². The maximum Gasteiger partial charge on any atom is 1.00 e. The molecule has 50 heavy (non-hydrogen) atoms. The minimum Gasteiger partial charge on any atom is -0.543 e. The molecule has 3 aliphatic heterocycles. The number of hydrogen-bond acceptors (Lipinski definition) is 14. The van der Waals surface area contributed by atoms with Gasteiger partial charge in [-0.2, -0.15) is 0 Å². The number of tetrazole rings is 1. The number of ketones is 1. The molecule has 2 fully saturated rings. The van der Waals surface area contributed by atoms with Gasteiger partial charge in [0.2, 0.25) is 11.1 Å². The summed E-state index contributed by atoms with van der Waals surface area (Å²) >= 11 is 2.43. The third kappa shape index (κ3) is 9.40. The summed E-state index contributed by atoms with van der Waals surface area (Å²) in [5.74, 6) is -4.50. The molecule has 0 radical (unpaired) electrons. The zero-order chi connectivity index (χ0) is 35.3. The van der Waals surface area contributed by atoms with Crippen molar-refractivity contribution in [2.24, 2.45) is 7.05 Å². The number of aromatic hydroxyl groups is 1. The number of piperazine rings is 1. The van der Waals surface area contributed by atoms with Gasteiger partial charge < -0.3 is 40.8 Å². The molecule has 2 saturated heterocycles. The number of rotatable bonds is 9. The molecule has 0 unspecified atom stereocenters. The molecule has 6 amide bonds. The summed E-state index contributed by atoms with van der Waals surface area (Å²) < 4.78 is 1.42. The van der Waals surface area contributed by atoms with Crippen LogP contribution in [0.4, 0.5) is 4.79 Å². The molecule has 0 bridgehead atoms. The molecule has 5 N–H and O–H groups in total. The van der Waals surface area contributed by atoms with Crippen LogP contribution < -0.4 is 45.3 Å². The van der Waals surface area contributed by atoms with E-state index in [1.165, 1.54) is 71.2 Å². The minimum absolute atomic E-state index is 0. The van der Waals surface area contributed by atoms with Gasteiger partial charge in [-0.3, -0.25) is 29.0 Å². The van der Waals surface area contributed by atoms with Crippen LogP contribution in [-0.2, 0) is 35.8 Å². The predicted octanol–water partition coefficient (Wildman–Crippen LogP) is -5.67. The summed E-state index contributed by atoms with van der Waals surface area (Å²) in [7, 11) is 1.63. The Bertz CT molecular complexity index is 1670. The number of urea groups is 1. The van der Waals surface area contributed by atoms with E-state index in [4.69, 9.17) is 0 Å². The number of β-lactam (4-membered cyclic amide) rings is 1. The first-order valence-electron chi connectivity index (χ1n) is 14.5. The zero-order valence-electron chi connectivity index (χ0n) is 27.7. The van der Waals surface area contributed by atoms with Gasteiger partial charge in [0.1, 0.15) is 29.0 Å². The Kier molecular flexibility index (Phi) is 15.4. The largest absolute Gasteiger partial charge is 1.00 e. The summed E-state index contributed by atoms with van der Waals surface area (Å²) in [6.07, 6.45) is 0. The van der Waals surface area contributed by atoms with E-state index in [-0.39, 0.29) is 82.4 Å². The number of likely N-dealkylation sites (N-methyl/N-ethyl adjacent to an activating group) is 1. The van der Waals surface area contributed by atoms with Crippen LogP contribution in [0.25, 0.3) is 0 Å². The van der Waals surface area contributed by atoms with Gasteiger partial charge in [0.15, 0.2) is 0 Å². The van der Waals surface area contributed by atoms with Crippen molar-refractivity contribution in [1.82, 2.24) is 45.5 Å². The van der Waals surface area contributed by atoms with Crippen LogP contribution in [-0.4, -0.2) is 129 Å². The molecule has 3 aliphatic rings. The van der Waals surface area contributed by atoms with Gasteiger partial charge in [0, 0.05) is 38.2 Å². The normalized spacial score (nSPS) is 18.7. The number of carbonyl (C=O) groups excluding carboxylic acids is 7. The van der Waals surface area contributed by atoms with Crippen molar-refractivity contribution in [2.45, 2.75) is 43.4 Å². The zero-order valence-corrected chi connectivity index (χ0v) is 31.4. The molecule has 2 aromatic rings. The van der Waals surface area contributed by atoms with Gasteiger partial charge >= 0.3 is 47.4 Å². The number of carbonyl (C=O) groups is 7. The van der Waals surface area contributed by atoms with E-state index in [0.717, 1.165) is 4.90 Å². The molecule has 4 heterocycles. The molecule has 3 atom stereocenters. The number of phenolic OH excluding ortho intramolecular Hbond substituents is 1. The van der Waals surface area contributed by atoms with Crippen molar-refractivity contribution in [1.29, 1.82) is 0 Å². The topological polar surface area (TPSA) is 272 Å². The van der Waals surface area contributed by atoms with Crippen molar-refractivity contribution in [3.8, 4) is 5.75 Å². The molecule has 1 aromatic carbocycles. The molecular weight excluding hydrogens is 709 g/mol. The predicted molar refractivity (Wildman–Crippen MR) is 170 cm³/mol. The number of aliphatic carboxylic acids is 1. The number of aryl methyl sites for hydroxylation is 1. The molecule has 1 aromatic heterocycles. The van der Waals surface area contributed by atoms with E-state index in [2.05, 4.69) is 26.2 Å². The number of hydrogen-bond donors (Lipinski definition) is 3. The van der Waals surface area contributed by atoms with Crippen molar-refractivity contribution < 1.29 is 78.8 Å². The van der Waals surface area contributed by atoms with Gasteiger partial charge in [-0.1, -0.05) is 23.9 Å². The van der Waals surface area contributed by atoms with Gasteiger partial charge in [-0.05, 0) is 54.5 Å². The van der Waals surface area contributed by atoms with E-state index < -0.39 is 53.1 Å². The van der Waals surface area contributed by atoms with Crippen molar-refractivity contribution in [2.75, 3.05) is 31.1 Å². The number of nitrogens with zero attached hydrogens (tertiary/aromatic N) is 7. The number of Topliss-reactive ketones (excluding diaryl/α,β-unsaturated/α-hetero) is 1. The number of carboxylic acids is 1. The number of carboxylic acid groups (broad SMARTS) is 1. The number of nitrogens with one attached hydrogen (secondary N) is 2. The molecule has 19 nitrogen and oxygen atoms in total. The number of fused-ring (bicyclic) bond motifs is 1.